The van der Waals surface area contributed by atoms with Crippen LogP contribution in [0.25, 0.3) is 17.0 Å². The number of hydrogen-bond donors (Lipinski definition) is 0. The molecule has 5 nitrogen and oxygen atoms in total. The fraction of sp³-hybridized carbons (Fsp3) is 0.250. The van der Waals surface area contributed by atoms with E-state index in [9.17, 15) is 0 Å². The van der Waals surface area contributed by atoms with E-state index in [0.29, 0.717) is 17.5 Å². The summed E-state index contributed by atoms with van der Waals surface area (Å²) in [6.07, 6.45) is 0.819. The minimum absolute atomic E-state index is 0.492. The topological polar surface area (TPSA) is 48.7 Å². The molecule has 0 saturated carbocycles. The molecule has 0 fully saturated rings. The van der Waals surface area contributed by atoms with Gasteiger partial charge in [-0.15, -0.1) is 0 Å². The largest absolute Gasteiger partial charge is 0.482 e. The summed E-state index contributed by atoms with van der Waals surface area (Å²) in [5.74, 6) is 1.73. The van der Waals surface area contributed by atoms with Crippen LogP contribution in [-0.2, 0) is 6.42 Å². The first-order valence-corrected chi connectivity index (χ1v) is 6.84. The van der Waals surface area contributed by atoms with Gasteiger partial charge in [0.15, 0.2) is 0 Å². The molecule has 5 heteroatoms. The number of aromatic nitrogens is 3. The average molecular weight is 283 g/mol. The molecular weight excluding hydrogens is 266 g/mol. The van der Waals surface area contributed by atoms with Crippen LogP contribution in [0.2, 0.25) is 0 Å². The number of hydrogen-bond acceptors (Lipinski definition) is 4. The summed E-state index contributed by atoms with van der Waals surface area (Å²) in [4.78, 5) is 9.02. The number of fused-ring (bicyclic) bond motifs is 1. The molecule has 2 heterocycles. The fourth-order valence-corrected chi connectivity index (χ4v) is 2.43. The summed E-state index contributed by atoms with van der Waals surface area (Å²) in [6.45, 7) is 2.08. The van der Waals surface area contributed by atoms with E-state index in [4.69, 9.17) is 9.47 Å². The maximum Gasteiger partial charge on any atom is 0.240 e. The third-order valence-corrected chi connectivity index (χ3v) is 3.41. The fourth-order valence-electron chi connectivity index (χ4n) is 2.43. The number of imidazole rings is 1. The van der Waals surface area contributed by atoms with Crippen molar-refractivity contribution in [3.05, 3.63) is 42.1 Å². The Morgan fingerprint density at radius 1 is 1.05 bits per heavy atom. The van der Waals surface area contributed by atoms with Crippen molar-refractivity contribution in [3.8, 4) is 23.0 Å². The third kappa shape index (κ3) is 2.20. The summed E-state index contributed by atoms with van der Waals surface area (Å²) >= 11 is 0. The third-order valence-electron chi connectivity index (χ3n) is 3.41. The Hall–Kier alpha value is -2.56. The molecule has 0 aliphatic rings. The van der Waals surface area contributed by atoms with Crippen LogP contribution in [0.4, 0.5) is 0 Å². The molecule has 1 aromatic carbocycles. The predicted molar refractivity (Wildman–Crippen MR) is 80.9 cm³/mol. The molecule has 3 aromatic rings. The first-order valence-electron chi connectivity index (χ1n) is 6.84. The zero-order chi connectivity index (χ0) is 14.8. The van der Waals surface area contributed by atoms with Gasteiger partial charge in [-0.3, -0.25) is 0 Å². The van der Waals surface area contributed by atoms with Gasteiger partial charge >= 0.3 is 0 Å². The van der Waals surface area contributed by atoms with Crippen LogP contribution >= 0.6 is 0 Å². The highest BCUT2D eigenvalue weighted by atomic mass is 16.5. The summed E-state index contributed by atoms with van der Waals surface area (Å²) in [7, 11) is 3.22. The quantitative estimate of drug-likeness (QED) is 0.738. The highest BCUT2D eigenvalue weighted by molar-refractivity contribution is 5.67. The van der Waals surface area contributed by atoms with Crippen LogP contribution in [0.5, 0.6) is 11.8 Å². The van der Waals surface area contributed by atoms with Crippen molar-refractivity contribution in [1.29, 1.82) is 0 Å². The maximum atomic E-state index is 5.49. The Morgan fingerprint density at radius 2 is 1.81 bits per heavy atom. The lowest BCUT2D eigenvalue weighted by Gasteiger charge is -2.09. The van der Waals surface area contributed by atoms with Gasteiger partial charge in [0, 0.05) is 5.56 Å². The molecular formula is C16H17N3O2. The number of ether oxygens (including phenoxy) is 2. The summed E-state index contributed by atoms with van der Waals surface area (Å²) < 4.78 is 12.6. The van der Waals surface area contributed by atoms with Gasteiger partial charge in [-0.2, -0.15) is 4.98 Å². The normalized spacial score (nSPS) is 10.8. The summed E-state index contributed by atoms with van der Waals surface area (Å²) in [6, 6.07) is 11.9. The van der Waals surface area contributed by atoms with Crippen LogP contribution in [0.3, 0.4) is 0 Å². The first kappa shape index (κ1) is 13.4. The van der Waals surface area contributed by atoms with Gasteiger partial charge < -0.3 is 9.47 Å². The Labute approximate surface area is 123 Å². The Bertz CT molecular complexity index is 766. The number of rotatable bonds is 4. The number of nitrogens with zero attached hydrogens (tertiary/aromatic N) is 3. The second-order valence-corrected chi connectivity index (χ2v) is 4.60. The van der Waals surface area contributed by atoms with E-state index >= 15 is 0 Å². The highest BCUT2D eigenvalue weighted by Gasteiger charge is 2.18. The van der Waals surface area contributed by atoms with Crippen molar-refractivity contribution in [1.82, 2.24) is 14.4 Å². The van der Waals surface area contributed by atoms with E-state index in [0.717, 1.165) is 23.4 Å². The lowest BCUT2D eigenvalue weighted by Crippen LogP contribution is -2.00. The van der Waals surface area contributed by atoms with Gasteiger partial charge in [0.05, 0.1) is 31.7 Å². The molecule has 0 unspecified atom stereocenters. The van der Waals surface area contributed by atoms with Crippen LogP contribution < -0.4 is 9.47 Å². The van der Waals surface area contributed by atoms with Gasteiger partial charge in [-0.1, -0.05) is 37.3 Å². The second kappa shape index (κ2) is 5.44. The smallest absolute Gasteiger partial charge is 0.240 e. The van der Waals surface area contributed by atoms with Gasteiger partial charge in [0.25, 0.3) is 0 Å². The lowest BCUT2D eigenvalue weighted by atomic mass is 10.1. The molecule has 0 aliphatic carbocycles. The SMILES string of the molecule is CCc1nc2nc(OC)cc(OC)n2c1-c1ccccc1. The molecule has 0 N–H and O–H groups in total. The van der Waals surface area contributed by atoms with Gasteiger partial charge in [0.2, 0.25) is 17.5 Å². The molecule has 0 amide bonds. The lowest BCUT2D eigenvalue weighted by molar-refractivity contribution is 0.370. The molecule has 3 rings (SSSR count). The Balaban J connectivity index is 2.37. The first-order chi connectivity index (χ1) is 10.3. The molecule has 108 valence electrons. The molecule has 21 heavy (non-hydrogen) atoms. The zero-order valence-electron chi connectivity index (χ0n) is 12.3. The molecule has 0 bridgehead atoms. The molecule has 0 saturated heterocycles. The van der Waals surface area contributed by atoms with Gasteiger partial charge in [-0.05, 0) is 6.42 Å². The van der Waals surface area contributed by atoms with Crippen molar-refractivity contribution in [2.24, 2.45) is 0 Å². The van der Waals surface area contributed by atoms with Crippen molar-refractivity contribution >= 4 is 5.78 Å². The minimum atomic E-state index is 0.492. The van der Waals surface area contributed by atoms with Crippen LogP contribution in [0.15, 0.2) is 36.4 Å². The Morgan fingerprint density at radius 3 is 2.43 bits per heavy atom. The zero-order valence-corrected chi connectivity index (χ0v) is 12.3. The van der Waals surface area contributed by atoms with E-state index in [1.54, 1.807) is 20.3 Å². The standard InChI is InChI=1S/C16H17N3O2/c1-4-12-15(11-8-6-5-7-9-11)19-14(21-3)10-13(20-2)18-16(19)17-12/h5-10H,4H2,1-3H3. The van der Waals surface area contributed by atoms with Crippen molar-refractivity contribution < 1.29 is 9.47 Å². The Kier molecular flexibility index (Phi) is 3.48. The highest BCUT2D eigenvalue weighted by Crippen LogP contribution is 2.30. The van der Waals surface area contributed by atoms with E-state index in [1.165, 1.54) is 0 Å². The summed E-state index contributed by atoms with van der Waals surface area (Å²) in [5.41, 5.74) is 3.09. The van der Waals surface area contributed by atoms with E-state index in [-0.39, 0.29) is 0 Å². The molecule has 0 aliphatic heterocycles. The second-order valence-electron chi connectivity index (χ2n) is 4.60. The monoisotopic (exact) mass is 283 g/mol. The molecule has 0 radical (unpaired) electrons. The molecule has 0 spiro atoms. The van der Waals surface area contributed by atoms with Crippen molar-refractivity contribution in [2.75, 3.05) is 14.2 Å². The van der Waals surface area contributed by atoms with E-state index in [1.807, 2.05) is 22.6 Å². The van der Waals surface area contributed by atoms with Gasteiger partial charge in [0.1, 0.15) is 0 Å². The van der Waals surface area contributed by atoms with Crippen molar-refractivity contribution in [3.63, 3.8) is 0 Å². The van der Waals surface area contributed by atoms with Gasteiger partial charge in [-0.25, -0.2) is 9.38 Å². The predicted octanol–water partition coefficient (Wildman–Crippen LogP) is 2.98. The van der Waals surface area contributed by atoms with Crippen LogP contribution in [-0.4, -0.2) is 28.6 Å². The minimum Gasteiger partial charge on any atom is -0.482 e. The van der Waals surface area contributed by atoms with Crippen LogP contribution in [0, 0.1) is 0 Å². The van der Waals surface area contributed by atoms with E-state index in [2.05, 4.69) is 29.0 Å². The van der Waals surface area contributed by atoms with Crippen LogP contribution in [0.1, 0.15) is 12.6 Å². The molecule has 0 atom stereocenters. The number of aryl methyl sites for hydroxylation is 1. The van der Waals surface area contributed by atoms with Crippen molar-refractivity contribution in [2.45, 2.75) is 13.3 Å². The summed E-state index contributed by atoms with van der Waals surface area (Å²) in [5, 5.41) is 0. The van der Waals surface area contributed by atoms with E-state index < -0.39 is 0 Å². The molecule has 2 aromatic heterocycles. The number of methoxy groups -OCH3 is 2. The number of benzene rings is 1. The average Bonchev–Trinajstić information content (AvgIpc) is 2.93. The maximum absolute atomic E-state index is 5.49.